The highest BCUT2D eigenvalue weighted by Crippen LogP contribution is 2.14. The van der Waals surface area contributed by atoms with Crippen molar-refractivity contribution in [3.8, 4) is 5.75 Å². The van der Waals surface area contributed by atoms with E-state index >= 15 is 0 Å². The number of aryl methyl sites for hydroxylation is 1. The van der Waals surface area contributed by atoms with E-state index in [-0.39, 0.29) is 5.97 Å². The van der Waals surface area contributed by atoms with E-state index in [1.807, 2.05) is 18.2 Å². The van der Waals surface area contributed by atoms with E-state index in [4.69, 9.17) is 10.5 Å². The lowest BCUT2D eigenvalue weighted by molar-refractivity contribution is -0.131. The summed E-state index contributed by atoms with van der Waals surface area (Å²) in [6.45, 7) is 2.07. The molecule has 14 heavy (non-hydrogen) atoms. The van der Waals surface area contributed by atoms with Crippen LogP contribution >= 0.6 is 0 Å². The fourth-order valence-corrected chi connectivity index (χ4v) is 1.24. The van der Waals surface area contributed by atoms with Crippen molar-refractivity contribution in [1.82, 2.24) is 0 Å². The van der Waals surface area contributed by atoms with Crippen molar-refractivity contribution < 1.29 is 9.53 Å². The molecule has 2 N–H and O–H groups in total. The van der Waals surface area contributed by atoms with Crippen LogP contribution < -0.4 is 10.5 Å². The summed E-state index contributed by atoms with van der Waals surface area (Å²) in [4.78, 5) is 10.7. The van der Waals surface area contributed by atoms with Crippen molar-refractivity contribution in [1.29, 1.82) is 0 Å². The van der Waals surface area contributed by atoms with Crippen molar-refractivity contribution >= 4 is 5.97 Å². The Morgan fingerprint density at radius 3 is 2.93 bits per heavy atom. The Kier molecular flexibility index (Phi) is 4.13. The van der Waals surface area contributed by atoms with Gasteiger partial charge in [-0.25, -0.2) is 0 Å². The summed E-state index contributed by atoms with van der Waals surface area (Å²) in [5, 5.41) is 0. The number of carbonyl (C=O) groups is 1. The van der Waals surface area contributed by atoms with Gasteiger partial charge in [-0.15, -0.1) is 0 Å². The van der Waals surface area contributed by atoms with Gasteiger partial charge in [-0.3, -0.25) is 4.79 Å². The summed E-state index contributed by atoms with van der Waals surface area (Å²) in [6.07, 6.45) is 1.87. The predicted molar refractivity (Wildman–Crippen MR) is 55.1 cm³/mol. The van der Waals surface area contributed by atoms with Gasteiger partial charge in [0.2, 0.25) is 0 Å². The van der Waals surface area contributed by atoms with Crippen LogP contribution in [0.3, 0.4) is 0 Å². The van der Waals surface area contributed by atoms with E-state index < -0.39 is 0 Å². The number of ether oxygens (including phenoxy) is 1. The SMILES string of the molecule is CC(=O)Oc1cccc(CCCN)c1. The standard InChI is InChI=1S/C11H15NO2/c1-9(13)14-11-6-2-4-10(8-11)5-3-7-12/h2,4,6,8H,3,5,7,12H2,1H3. The molecule has 0 saturated carbocycles. The Labute approximate surface area is 83.9 Å². The zero-order chi connectivity index (χ0) is 10.4. The number of esters is 1. The minimum atomic E-state index is -0.291. The van der Waals surface area contributed by atoms with E-state index in [0.717, 1.165) is 18.4 Å². The lowest BCUT2D eigenvalue weighted by Gasteiger charge is -2.03. The van der Waals surface area contributed by atoms with Crippen LogP contribution in [0.25, 0.3) is 0 Å². The maximum absolute atomic E-state index is 10.7. The number of nitrogens with two attached hydrogens (primary N) is 1. The first-order valence-electron chi connectivity index (χ1n) is 4.70. The smallest absolute Gasteiger partial charge is 0.308 e. The number of rotatable bonds is 4. The number of hydrogen-bond acceptors (Lipinski definition) is 3. The quantitative estimate of drug-likeness (QED) is 0.582. The molecule has 0 aliphatic carbocycles. The predicted octanol–water partition coefficient (Wildman–Crippen LogP) is 1.50. The molecule has 0 unspecified atom stereocenters. The molecule has 0 radical (unpaired) electrons. The first-order valence-corrected chi connectivity index (χ1v) is 4.70. The minimum absolute atomic E-state index is 0.291. The first kappa shape index (κ1) is 10.7. The van der Waals surface area contributed by atoms with Crippen molar-refractivity contribution in [2.24, 2.45) is 5.73 Å². The second-order valence-corrected chi connectivity index (χ2v) is 3.13. The summed E-state index contributed by atoms with van der Waals surface area (Å²) in [7, 11) is 0. The molecular formula is C11H15NO2. The third-order valence-electron chi connectivity index (χ3n) is 1.83. The largest absolute Gasteiger partial charge is 0.427 e. The molecule has 0 aliphatic rings. The number of benzene rings is 1. The van der Waals surface area contributed by atoms with Crippen molar-refractivity contribution in [3.05, 3.63) is 29.8 Å². The lowest BCUT2D eigenvalue weighted by atomic mass is 10.1. The van der Waals surface area contributed by atoms with E-state index in [1.165, 1.54) is 6.92 Å². The molecule has 0 fully saturated rings. The normalized spacial score (nSPS) is 9.86. The summed E-state index contributed by atoms with van der Waals surface area (Å²) < 4.78 is 4.96. The van der Waals surface area contributed by atoms with Gasteiger partial charge >= 0.3 is 5.97 Å². The molecule has 0 aliphatic heterocycles. The van der Waals surface area contributed by atoms with Crippen LogP contribution in [0.15, 0.2) is 24.3 Å². The molecule has 76 valence electrons. The monoisotopic (exact) mass is 193 g/mol. The maximum atomic E-state index is 10.7. The first-order chi connectivity index (χ1) is 6.72. The third kappa shape index (κ3) is 3.58. The molecule has 0 spiro atoms. The van der Waals surface area contributed by atoms with Gasteiger partial charge in [0.1, 0.15) is 5.75 Å². The molecule has 3 nitrogen and oxygen atoms in total. The highest BCUT2D eigenvalue weighted by atomic mass is 16.5. The zero-order valence-corrected chi connectivity index (χ0v) is 8.32. The minimum Gasteiger partial charge on any atom is -0.427 e. The fraction of sp³-hybridized carbons (Fsp3) is 0.364. The molecule has 3 heteroatoms. The second kappa shape index (κ2) is 5.40. The van der Waals surface area contributed by atoms with Crippen LogP contribution in [0.1, 0.15) is 18.9 Å². The van der Waals surface area contributed by atoms with Crippen LogP contribution in [0.2, 0.25) is 0 Å². The molecular weight excluding hydrogens is 178 g/mol. The van der Waals surface area contributed by atoms with Gasteiger partial charge in [0.15, 0.2) is 0 Å². The van der Waals surface area contributed by atoms with Gasteiger partial charge in [-0.05, 0) is 37.1 Å². The molecule has 1 rings (SSSR count). The highest BCUT2D eigenvalue weighted by molar-refractivity contribution is 5.69. The Morgan fingerprint density at radius 1 is 1.50 bits per heavy atom. The molecule has 1 aromatic rings. The second-order valence-electron chi connectivity index (χ2n) is 3.13. The Balaban J connectivity index is 2.63. The summed E-state index contributed by atoms with van der Waals surface area (Å²) in [5.74, 6) is 0.313. The van der Waals surface area contributed by atoms with Crippen LogP contribution in [0, 0.1) is 0 Å². The average molecular weight is 193 g/mol. The molecule has 0 atom stereocenters. The van der Waals surface area contributed by atoms with Crippen LogP contribution in [0.5, 0.6) is 5.75 Å². The summed E-state index contributed by atoms with van der Waals surface area (Å²) >= 11 is 0. The van der Waals surface area contributed by atoms with E-state index in [2.05, 4.69) is 0 Å². The van der Waals surface area contributed by atoms with Gasteiger partial charge < -0.3 is 10.5 Å². The van der Waals surface area contributed by atoms with Gasteiger partial charge in [-0.1, -0.05) is 12.1 Å². The molecule has 1 aromatic carbocycles. The van der Waals surface area contributed by atoms with Crippen molar-refractivity contribution in [3.63, 3.8) is 0 Å². The van der Waals surface area contributed by atoms with E-state index in [9.17, 15) is 4.79 Å². The van der Waals surface area contributed by atoms with Gasteiger partial charge in [0.25, 0.3) is 0 Å². The molecule has 0 aromatic heterocycles. The highest BCUT2D eigenvalue weighted by Gasteiger charge is 1.99. The number of hydrogen-bond donors (Lipinski definition) is 1. The zero-order valence-electron chi connectivity index (χ0n) is 8.32. The molecule has 0 saturated heterocycles. The van der Waals surface area contributed by atoms with Crippen LogP contribution in [-0.2, 0) is 11.2 Å². The molecule has 0 amide bonds. The van der Waals surface area contributed by atoms with Crippen molar-refractivity contribution in [2.75, 3.05) is 6.54 Å². The number of carbonyl (C=O) groups excluding carboxylic acids is 1. The summed E-state index contributed by atoms with van der Waals surface area (Å²) in [6, 6.07) is 7.52. The van der Waals surface area contributed by atoms with Gasteiger partial charge in [0, 0.05) is 6.92 Å². The third-order valence-corrected chi connectivity index (χ3v) is 1.83. The lowest BCUT2D eigenvalue weighted by Crippen LogP contribution is -2.03. The Hall–Kier alpha value is -1.35. The topological polar surface area (TPSA) is 52.3 Å². The molecule has 0 heterocycles. The Bertz CT molecular complexity index is 310. The Morgan fingerprint density at radius 2 is 2.29 bits per heavy atom. The summed E-state index contributed by atoms with van der Waals surface area (Å²) in [5.41, 5.74) is 6.56. The van der Waals surface area contributed by atoms with Gasteiger partial charge in [-0.2, -0.15) is 0 Å². The van der Waals surface area contributed by atoms with Crippen molar-refractivity contribution in [2.45, 2.75) is 19.8 Å². The van der Waals surface area contributed by atoms with Crippen LogP contribution in [0.4, 0.5) is 0 Å². The van der Waals surface area contributed by atoms with E-state index in [1.54, 1.807) is 6.07 Å². The van der Waals surface area contributed by atoms with Crippen LogP contribution in [-0.4, -0.2) is 12.5 Å². The fourth-order valence-electron chi connectivity index (χ4n) is 1.24. The van der Waals surface area contributed by atoms with Gasteiger partial charge in [0.05, 0.1) is 0 Å². The molecule has 0 bridgehead atoms. The maximum Gasteiger partial charge on any atom is 0.308 e. The average Bonchev–Trinajstić information content (AvgIpc) is 2.14. The van der Waals surface area contributed by atoms with E-state index in [0.29, 0.717) is 12.3 Å².